The van der Waals surface area contributed by atoms with Crippen LogP contribution >= 0.6 is 23.2 Å². The van der Waals surface area contributed by atoms with Crippen LogP contribution in [-0.2, 0) is 20.6 Å². The van der Waals surface area contributed by atoms with Crippen molar-refractivity contribution in [2.45, 2.75) is 43.8 Å². The Balaban J connectivity index is 2.47. The fraction of sp³-hybridized carbons (Fsp3) is 0.571. The van der Waals surface area contributed by atoms with E-state index in [1.54, 1.807) is 13.0 Å². The Morgan fingerprint density at radius 2 is 1.86 bits per heavy atom. The lowest BCUT2D eigenvalue weighted by Gasteiger charge is -2.34. The van der Waals surface area contributed by atoms with Crippen LogP contribution in [0.1, 0.15) is 25.0 Å². The summed E-state index contributed by atoms with van der Waals surface area (Å²) < 4.78 is 32.8. The van der Waals surface area contributed by atoms with E-state index in [-0.39, 0.29) is 23.0 Å². The van der Waals surface area contributed by atoms with Gasteiger partial charge in [0.15, 0.2) is 0 Å². The van der Waals surface area contributed by atoms with Gasteiger partial charge in [-0.2, -0.15) is 4.31 Å². The SMILES string of the molecule is Cc1c(CCl)cc(Cl)cc1S(=O)(=O)N1C[C@@H](C)O[C@@H](C)C1. The highest BCUT2D eigenvalue weighted by atomic mass is 35.5. The smallest absolute Gasteiger partial charge is 0.243 e. The minimum absolute atomic E-state index is 0.129. The quantitative estimate of drug-likeness (QED) is 0.785. The van der Waals surface area contributed by atoms with Crippen molar-refractivity contribution in [3.05, 3.63) is 28.3 Å². The first-order chi connectivity index (χ1) is 9.75. The van der Waals surface area contributed by atoms with E-state index in [2.05, 4.69) is 0 Å². The Kier molecular flexibility index (Phi) is 5.21. The number of hydrogen-bond acceptors (Lipinski definition) is 3. The maximum absolute atomic E-state index is 12.9. The summed E-state index contributed by atoms with van der Waals surface area (Å²) >= 11 is 11.9. The number of hydrogen-bond donors (Lipinski definition) is 0. The Labute approximate surface area is 136 Å². The van der Waals surface area contributed by atoms with E-state index < -0.39 is 10.0 Å². The van der Waals surface area contributed by atoms with Crippen molar-refractivity contribution in [1.82, 2.24) is 4.31 Å². The lowest BCUT2D eigenvalue weighted by molar-refractivity contribution is -0.0440. The van der Waals surface area contributed by atoms with Gasteiger partial charge in [0.25, 0.3) is 0 Å². The molecule has 1 saturated heterocycles. The van der Waals surface area contributed by atoms with Gasteiger partial charge >= 0.3 is 0 Å². The zero-order valence-corrected chi connectivity index (χ0v) is 14.6. The Morgan fingerprint density at radius 1 is 1.29 bits per heavy atom. The maximum atomic E-state index is 12.9. The standard InChI is InChI=1S/C14H19Cl2NO3S/c1-9-7-17(8-10(2)20-9)21(18,19)14-5-13(16)4-12(6-15)11(14)3/h4-5,9-10H,6-8H2,1-3H3/t9-,10+. The number of nitrogens with zero attached hydrogens (tertiary/aromatic N) is 1. The summed E-state index contributed by atoms with van der Waals surface area (Å²) in [7, 11) is -3.60. The molecular weight excluding hydrogens is 333 g/mol. The molecule has 0 spiro atoms. The first-order valence-electron chi connectivity index (χ1n) is 6.76. The predicted octanol–water partition coefficient (Wildman–Crippen LogP) is 3.19. The Bertz CT molecular complexity index is 623. The number of benzene rings is 1. The van der Waals surface area contributed by atoms with Gasteiger partial charge in [-0.3, -0.25) is 0 Å². The van der Waals surface area contributed by atoms with Gasteiger partial charge in [0, 0.05) is 24.0 Å². The summed E-state index contributed by atoms with van der Waals surface area (Å²) in [6.45, 7) is 6.18. The molecule has 1 aromatic carbocycles. The Hall–Kier alpha value is -0.330. The minimum Gasteiger partial charge on any atom is -0.373 e. The van der Waals surface area contributed by atoms with Crippen LogP contribution in [-0.4, -0.2) is 38.0 Å². The van der Waals surface area contributed by atoms with E-state index in [1.807, 2.05) is 13.8 Å². The molecular formula is C14H19Cl2NO3S. The second-order valence-corrected chi connectivity index (χ2v) is 8.01. The molecule has 0 unspecified atom stereocenters. The van der Waals surface area contributed by atoms with E-state index >= 15 is 0 Å². The molecule has 0 N–H and O–H groups in total. The Morgan fingerprint density at radius 3 is 2.38 bits per heavy atom. The van der Waals surface area contributed by atoms with E-state index in [4.69, 9.17) is 27.9 Å². The first-order valence-corrected chi connectivity index (χ1v) is 9.11. The van der Waals surface area contributed by atoms with Crippen LogP contribution in [0.2, 0.25) is 5.02 Å². The summed E-state index contributed by atoms with van der Waals surface area (Å²) in [5, 5.41) is 0.379. The highest BCUT2D eigenvalue weighted by Gasteiger charge is 2.33. The summed E-state index contributed by atoms with van der Waals surface area (Å²) in [5.74, 6) is 0.227. The van der Waals surface area contributed by atoms with Crippen LogP contribution in [0.25, 0.3) is 0 Å². The maximum Gasteiger partial charge on any atom is 0.243 e. The van der Waals surface area contributed by atoms with Crippen molar-refractivity contribution in [3.8, 4) is 0 Å². The number of halogens is 2. The number of alkyl halides is 1. The van der Waals surface area contributed by atoms with Crippen molar-refractivity contribution in [1.29, 1.82) is 0 Å². The molecule has 21 heavy (non-hydrogen) atoms. The first kappa shape index (κ1) is 17.0. The van der Waals surface area contributed by atoms with Crippen LogP contribution < -0.4 is 0 Å². The molecule has 7 heteroatoms. The number of ether oxygens (including phenoxy) is 1. The highest BCUT2D eigenvalue weighted by Crippen LogP contribution is 2.29. The number of morpholine rings is 1. The topological polar surface area (TPSA) is 46.6 Å². The normalized spacial score (nSPS) is 24.2. The van der Waals surface area contributed by atoms with Crippen LogP contribution in [0.3, 0.4) is 0 Å². The van der Waals surface area contributed by atoms with Crippen molar-refractivity contribution in [2.75, 3.05) is 13.1 Å². The molecule has 4 nitrogen and oxygen atoms in total. The third-order valence-corrected chi connectivity index (χ3v) is 6.04. The summed E-state index contributed by atoms with van der Waals surface area (Å²) in [6.07, 6.45) is -0.258. The molecule has 0 amide bonds. The van der Waals surface area contributed by atoms with Crippen LogP contribution in [0.15, 0.2) is 17.0 Å². The van der Waals surface area contributed by atoms with Crippen molar-refractivity contribution in [3.63, 3.8) is 0 Å². The van der Waals surface area contributed by atoms with Gasteiger partial charge in [-0.15, -0.1) is 11.6 Å². The predicted molar refractivity (Wildman–Crippen MR) is 84.5 cm³/mol. The molecule has 2 atom stereocenters. The molecule has 1 aliphatic rings. The molecule has 0 saturated carbocycles. The zero-order valence-electron chi connectivity index (χ0n) is 12.3. The fourth-order valence-corrected chi connectivity index (χ4v) is 5.05. The summed E-state index contributed by atoms with van der Waals surface area (Å²) in [6, 6.07) is 3.19. The molecule has 118 valence electrons. The lowest BCUT2D eigenvalue weighted by atomic mass is 10.1. The van der Waals surface area contributed by atoms with Crippen molar-refractivity contribution < 1.29 is 13.2 Å². The van der Waals surface area contributed by atoms with E-state index in [0.29, 0.717) is 23.7 Å². The molecule has 1 aromatic rings. The third-order valence-electron chi connectivity index (χ3n) is 3.58. The van der Waals surface area contributed by atoms with Gasteiger partial charge in [-0.1, -0.05) is 11.6 Å². The second-order valence-electron chi connectivity index (χ2n) is 5.40. The zero-order chi connectivity index (χ0) is 15.8. The molecule has 0 aromatic heterocycles. The third kappa shape index (κ3) is 3.54. The number of sulfonamides is 1. The van der Waals surface area contributed by atoms with E-state index in [1.165, 1.54) is 10.4 Å². The van der Waals surface area contributed by atoms with Gasteiger partial charge < -0.3 is 4.74 Å². The fourth-order valence-electron chi connectivity index (χ4n) is 2.58. The van der Waals surface area contributed by atoms with Crippen molar-refractivity contribution in [2.24, 2.45) is 0 Å². The number of rotatable bonds is 3. The van der Waals surface area contributed by atoms with Crippen LogP contribution in [0, 0.1) is 6.92 Å². The van der Waals surface area contributed by atoms with Gasteiger partial charge in [-0.05, 0) is 44.0 Å². The molecule has 0 bridgehead atoms. The molecule has 1 heterocycles. The molecule has 2 rings (SSSR count). The largest absolute Gasteiger partial charge is 0.373 e. The van der Waals surface area contributed by atoms with Gasteiger partial charge in [-0.25, -0.2) is 8.42 Å². The molecule has 0 radical (unpaired) electrons. The van der Waals surface area contributed by atoms with Gasteiger partial charge in [0.05, 0.1) is 17.1 Å². The van der Waals surface area contributed by atoms with Crippen molar-refractivity contribution >= 4 is 33.2 Å². The minimum atomic E-state index is -3.60. The lowest BCUT2D eigenvalue weighted by Crippen LogP contribution is -2.48. The average Bonchev–Trinajstić information content (AvgIpc) is 2.39. The second kappa shape index (κ2) is 6.42. The average molecular weight is 352 g/mol. The summed E-state index contributed by atoms with van der Waals surface area (Å²) in [5.41, 5.74) is 1.39. The van der Waals surface area contributed by atoms with Crippen LogP contribution in [0.4, 0.5) is 0 Å². The molecule has 1 aliphatic heterocycles. The van der Waals surface area contributed by atoms with E-state index in [0.717, 1.165) is 5.56 Å². The highest BCUT2D eigenvalue weighted by molar-refractivity contribution is 7.89. The van der Waals surface area contributed by atoms with Gasteiger partial charge in [0.2, 0.25) is 10.0 Å². The molecule has 1 fully saturated rings. The van der Waals surface area contributed by atoms with E-state index in [9.17, 15) is 8.42 Å². The molecule has 0 aliphatic carbocycles. The van der Waals surface area contributed by atoms with Crippen LogP contribution in [0.5, 0.6) is 0 Å². The summed E-state index contributed by atoms with van der Waals surface area (Å²) in [4.78, 5) is 0.229. The van der Waals surface area contributed by atoms with Gasteiger partial charge in [0.1, 0.15) is 0 Å². The monoisotopic (exact) mass is 351 g/mol.